The van der Waals surface area contributed by atoms with Gasteiger partial charge in [0, 0.05) is 26.1 Å². The van der Waals surface area contributed by atoms with Crippen molar-refractivity contribution in [3.8, 4) is 0 Å². The van der Waals surface area contributed by atoms with Crippen LogP contribution in [0.2, 0.25) is 0 Å². The molecular formula is C17H36O8. The SMILES string of the molecule is CC(O)CO.O=C(O)CCCCCCCCC(=O)O.OCCCCO. The molecule has 0 fully saturated rings. The molecule has 1 unspecified atom stereocenters. The summed E-state index contributed by atoms with van der Waals surface area (Å²) in [5, 5.41) is 48.9. The standard InChI is InChI=1S/C10H18O4.C4H10O2.C3H8O2/c11-9(12)7-5-3-1-2-4-6-8-10(13)14;5-3-1-2-4-6;1-3(5)2-4/h1-8H2,(H,11,12)(H,13,14);5-6H,1-4H2;3-5H,2H2,1H3. The fourth-order valence-electron chi connectivity index (χ4n) is 1.48. The van der Waals surface area contributed by atoms with Gasteiger partial charge in [-0.3, -0.25) is 9.59 Å². The number of aliphatic hydroxyl groups is 4. The molecule has 0 aliphatic carbocycles. The Morgan fingerprint density at radius 2 is 0.960 bits per heavy atom. The van der Waals surface area contributed by atoms with Gasteiger partial charge in [0.15, 0.2) is 0 Å². The highest BCUT2D eigenvalue weighted by Gasteiger charge is 1.98. The molecule has 0 aliphatic heterocycles. The summed E-state index contributed by atoms with van der Waals surface area (Å²) in [7, 11) is 0. The van der Waals surface area contributed by atoms with Gasteiger partial charge in [0.2, 0.25) is 0 Å². The summed E-state index contributed by atoms with van der Waals surface area (Å²) >= 11 is 0. The molecule has 0 aromatic rings. The van der Waals surface area contributed by atoms with E-state index in [2.05, 4.69) is 0 Å². The number of carboxylic acids is 2. The van der Waals surface area contributed by atoms with Gasteiger partial charge in [-0.25, -0.2) is 0 Å². The van der Waals surface area contributed by atoms with Gasteiger partial charge in [0.1, 0.15) is 0 Å². The first-order valence-corrected chi connectivity index (χ1v) is 8.76. The maximum atomic E-state index is 10.1. The highest BCUT2D eigenvalue weighted by atomic mass is 16.4. The predicted molar refractivity (Wildman–Crippen MR) is 94.4 cm³/mol. The van der Waals surface area contributed by atoms with Crippen LogP contribution < -0.4 is 0 Å². The lowest BCUT2D eigenvalue weighted by Gasteiger charge is -1.98. The third-order valence-corrected chi connectivity index (χ3v) is 2.86. The summed E-state index contributed by atoms with van der Waals surface area (Å²) in [6.45, 7) is 1.78. The molecule has 0 heterocycles. The lowest BCUT2D eigenvalue weighted by Crippen LogP contribution is -2.03. The molecule has 8 nitrogen and oxygen atoms in total. The Morgan fingerprint density at radius 3 is 1.16 bits per heavy atom. The molecule has 0 spiro atoms. The molecule has 0 rings (SSSR count). The molecule has 0 aromatic heterocycles. The molecular weight excluding hydrogens is 332 g/mol. The maximum absolute atomic E-state index is 10.1. The third-order valence-electron chi connectivity index (χ3n) is 2.86. The molecule has 0 radical (unpaired) electrons. The molecule has 1 atom stereocenters. The normalized spacial score (nSPS) is 10.8. The van der Waals surface area contributed by atoms with Crippen LogP contribution in [0.5, 0.6) is 0 Å². The van der Waals surface area contributed by atoms with E-state index in [0.717, 1.165) is 51.4 Å². The van der Waals surface area contributed by atoms with Crippen molar-refractivity contribution < 1.29 is 40.2 Å². The molecule has 0 amide bonds. The van der Waals surface area contributed by atoms with Crippen molar-refractivity contribution in [2.45, 2.75) is 77.2 Å². The van der Waals surface area contributed by atoms with E-state index in [1.807, 2.05) is 0 Å². The quantitative estimate of drug-likeness (QED) is 0.266. The first-order valence-electron chi connectivity index (χ1n) is 8.76. The summed E-state index contributed by atoms with van der Waals surface area (Å²) in [5.74, 6) is -1.48. The van der Waals surface area contributed by atoms with Gasteiger partial charge in [-0.05, 0) is 32.6 Å². The van der Waals surface area contributed by atoms with Gasteiger partial charge in [-0.15, -0.1) is 0 Å². The molecule has 0 bridgehead atoms. The minimum atomic E-state index is -0.740. The van der Waals surface area contributed by atoms with E-state index in [1.165, 1.54) is 6.92 Å². The summed E-state index contributed by atoms with van der Waals surface area (Å²) in [5.41, 5.74) is 0. The number of rotatable bonds is 13. The Hall–Kier alpha value is -1.22. The van der Waals surface area contributed by atoms with Crippen LogP contribution in [0.1, 0.15) is 71.1 Å². The van der Waals surface area contributed by atoms with E-state index in [1.54, 1.807) is 0 Å². The Bertz CT molecular complexity index is 258. The molecule has 25 heavy (non-hydrogen) atoms. The van der Waals surface area contributed by atoms with Crippen LogP contribution in [0.15, 0.2) is 0 Å². The lowest BCUT2D eigenvalue weighted by atomic mass is 10.1. The number of hydrogen-bond acceptors (Lipinski definition) is 6. The molecule has 0 saturated heterocycles. The Morgan fingerprint density at radius 1 is 0.680 bits per heavy atom. The summed E-state index contributed by atoms with van der Waals surface area (Å²) < 4.78 is 0. The Labute approximate surface area is 150 Å². The van der Waals surface area contributed by atoms with Crippen molar-refractivity contribution in [3.05, 3.63) is 0 Å². The number of aliphatic carboxylic acids is 2. The van der Waals surface area contributed by atoms with Gasteiger partial charge in [-0.2, -0.15) is 0 Å². The molecule has 0 aliphatic rings. The van der Waals surface area contributed by atoms with Crippen molar-refractivity contribution in [3.63, 3.8) is 0 Å². The highest BCUT2D eigenvalue weighted by molar-refractivity contribution is 5.66. The number of carbonyl (C=O) groups is 2. The molecule has 0 saturated carbocycles. The lowest BCUT2D eigenvalue weighted by molar-refractivity contribution is -0.138. The van der Waals surface area contributed by atoms with E-state index in [4.69, 9.17) is 30.6 Å². The van der Waals surface area contributed by atoms with Crippen LogP contribution in [0.4, 0.5) is 0 Å². The second kappa shape index (κ2) is 25.0. The second-order valence-electron chi connectivity index (χ2n) is 5.59. The molecule has 6 N–H and O–H groups in total. The first kappa shape index (κ1) is 28.6. The van der Waals surface area contributed by atoms with Crippen LogP contribution in [0, 0.1) is 0 Å². The van der Waals surface area contributed by atoms with Gasteiger partial charge in [-0.1, -0.05) is 25.7 Å². The number of hydrogen-bond donors (Lipinski definition) is 6. The average molecular weight is 368 g/mol. The van der Waals surface area contributed by atoms with E-state index in [0.29, 0.717) is 0 Å². The van der Waals surface area contributed by atoms with Crippen molar-refractivity contribution in [2.75, 3.05) is 19.8 Å². The summed E-state index contributed by atoms with van der Waals surface area (Å²) in [4.78, 5) is 20.3. The van der Waals surface area contributed by atoms with Crippen LogP contribution in [0.25, 0.3) is 0 Å². The van der Waals surface area contributed by atoms with Crippen molar-refractivity contribution in [2.24, 2.45) is 0 Å². The van der Waals surface area contributed by atoms with Crippen LogP contribution in [0.3, 0.4) is 0 Å². The van der Waals surface area contributed by atoms with E-state index in [9.17, 15) is 9.59 Å². The van der Waals surface area contributed by atoms with Crippen molar-refractivity contribution >= 4 is 11.9 Å². The smallest absolute Gasteiger partial charge is 0.303 e. The van der Waals surface area contributed by atoms with Gasteiger partial charge in [0.05, 0.1) is 12.7 Å². The van der Waals surface area contributed by atoms with Crippen molar-refractivity contribution in [1.29, 1.82) is 0 Å². The zero-order valence-electron chi connectivity index (χ0n) is 15.3. The fourth-order valence-corrected chi connectivity index (χ4v) is 1.48. The largest absolute Gasteiger partial charge is 0.481 e. The van der Waals surface area contributed by atoms with Crippen LogP contribution >= 0.6 is 0 Å². The fraction of sp³-hybridized carbons (Fsp3) is 0.882. The monoisotopic (exact) mass is 368 g/mol. The maximum Gasteiger partial charge on any atom is 0.303 e. The van der Waals surface area contributed by atoms with Gasteiger partial charge >= 0.3 is 11.9 Å². The van der Waals surface area contributed by atoms with E-state index in [-0.39, 0.29) is 32.7 Å². The second-order valence-corrected chi connectivity index (χ2v) is 5.59. The summed E-state index contributed by atoms with van der Waals surface area (Å²) in [6.07, 6.45) is 6.70. The zero-order chi connectivity index (χ0) is 19.9. The molecule has 0 aromatic carbocycles. The van der Waals surface area contributed by atoms with Crippen LogP contribution in [-0.4, -0.2) is 68.5 Å². The van der Waals surface area contributed by atoms with E-state index >= 15 is 0 Å². The van der Waals surface area contributed by atoms with Crippen LogP contribution in [-0.2, 0) is 9.59 Å². The van der Waals surface area contributed by atoms with Gasteiger partial charge in [0.25, 0.3) is 0 Å². The highest BCUT2D eigenvalue weighted by Crippen LogP contribution is 2.08. The summed E-state index contributed by atoms with van der Waals surface area (Å²) in [6, 6.07) is 0. The van der Waals surface area contributed by atoms with Gasteiger partial charge < -0.3 is 30.6 Å². The number of unbranched alkanes of at least 4 members (excludes halogenated alkanes) is 6. The molecule has 8 heteroatoms. The predicted octanol–water partition coefficient (Wildman–Crippen LogP) is 1.39. The molecule has 152 valence electrons. The van der Waals surface area contributed by atoms with E-state index < -0.39 is 18.0 Å². The zero-order valence-corrected chi connectivity index (χ0v) is 15.3. The van der Waals surface area contributed by atoms with Crippen molar-refractivity contribution in [1.82, 2.24) is 0 Å². The Kier molecular flexibility index (Phi) is 28.6. The number of aliphatic hydroxyl groups excluding tert-OH is 4. The minimum Gasteiger partial charge on any atom is -0.481 e. The first-order chi connectivity index (χ1) is 11.8. The number of carboxylic acid groups (broad SMARTS) is 2. The minimum absolute atomic E-state index is 0.139. The Balaban J connectivity index is -0.000000362. The topological polar surface area (TPSA) is 156 Å². The third kappa shape index (κ3) is 45.0. The average Bonchev–Trinajstić information content (AvgIpc) is 2.56.